The van der Waals surface area contributed by atoms with Gasteiger partial charge in [0.2, 0.25) is 5.82 Å². The quantitative estimate of drug-likeness (QED) is 0.267. The third-order valence-electron chi connectivity index (χ3n) is 5.43. The van der Waals surface area contributed by atoms with Gasteiger partial charge in [-0.1, -0.05) is 72.3 Å². The summed E-state index contributed by atoms with van der Waals surface area (Å²) in [4.78, 5) is 14.1. The molecule has 5 rings (SSSR count). The van der Waals surface area contributed by atoms with Gasteiger partial charge in [-0.05, 0) is 42.0 Å². The minimum atomic E-state index is -0.340. The second kappa shape index (κ2) is 10.3. The number of para-hydroxylation sites is 1. The fourth-order valence-electron chi connectivity index (χ4n) is 3.56. The molecular formula is C26H21ClN8O. The average Bonchev–Trinajstić information content (AvgIpc) is 3.50. The molecule has 3 aromatic carbocycles. The maximum absolute atomic E-state index is 12.5. The van der Waals surface area contributed by atoms with Crippen molar-refractivity contribution in [3.63, 3.8) is 0 Å². The molecule has 178 valence electrons. The number of hydrogen-bond acceptors (Lipinski definition) is 6. The fraction of sp³-hybridized carbons (Fsp3) is 0.0769. The molecule has 0 radical (unpaired) electrons. The molecule has 2 heterocycles. The molecule has 0 spiro atoms. The summed E-state index contributed by atoms with van der Waals surface area (Å²) in [6.07, 6.45) is 1.50. The standard InChI is InChI=1S/C26H21ClN8O/c1-18-23(24(27)35(31-18)22-10-6-3-7-11-22)16-28-30-26(36)21-14-12-19(13-15-21)17-34-32-25(29-33-34)20-8-4-2-5-9-20/h2-16H,17H2,1H3,(H,30,36). The summed E-state index contributed by atoms with van der Waals surface area (Å²) in [6, 6.07) is 26.3. The predicted octanol–water partition coefficient (Wildman–Crippen LogP) is 4.30. The summed E-state index contributed by atoms with van der Waals surface area (Å²) in [5, 5.41) is 21.6. The Morgan fingerprint density at radius 2 is 1.67 bits per heavy atom. The summed E-state index contributed by atoms with van der Waals surface area (Å²) < 4.78 is 1.63. The van der Waals surface area contributed by atoms with Crippen LogP contribution in [-0.4, -0.2) is 42.1 Å². The van der Waals surface area contributed by atoms with Crippen molar-refractivity contribution in [1.29, 1.82) is 0 Å². The third kappa shape index (κ3) is 5.06. The number of carbonyl (C=O) groups excluding carboxylic acids is 1. The highest BCUT2D eigenvalue weighted by Gasteiger charge is 2.13. The molecule has 9 nitrogen and oxygen atoms in total. The number of nitrogens with one attached hydrogen (secondary N) is 1. The Morgan fingerprint density at radius 3 is 2.39 bits per heavy atom. The first-order valence-electron chi connectivity index (χ1n) is 11.1. The number of nitrogens with zero attached hydrogens (tertiary/aromatic N) is 7. The largest absolute Gasteiger partial charge is 0.271 e. The summed E-state index contributed by atoms with van der Waals surface area (Å²) in [7, 11) is 0. The third-order valence-corrected chi connectivity index (χ3v) is 5.80. The lowest BCUT2D eigenvalue weighted by Crippen LogP contribution is -2.17. The molecule has 0 saturated heterocycles. The Balaban J connectivity index is 1.21. The van der Waals surface area contributed by atoms with Crippen molar-refractivity contribution in [2.24, 2.45) is 5.10 Å². The lowest BCUT2D eigenvalue weighted by atomic mass is 10.1. The highest BCUT2D eigenvalue weighted by atomic mass is 35.5. The Labute approximate surface area is 212 Å². The first-order chi connectivity index (χ1) is 17.6. The van der Waals surface area contributed by atoms with Crippen LogP contribution in [0.15, 0.2) is 90.0 Å². The van der Waals surface area contributed by atoms with Crippen LogP contribution in [0.25, 0.3) is 17.1 Å². The number of tetrazole rings is 1. The zero-order valence-corrected chi connectivity index (χ0v) is 20.0. The molecule has 10 heteroatoms. The maximum Gasteiger partial charge on any atom is 0.271 e. The van der Waals surface area contributed by atoms with Gasteiger partial charge in [-0.15, -0.1) is 10.2 Å². The first-order valence-corrected chi connectivity index (χ1v) is 11.5. The van der Waals surface area contributed by atoms with Crippen LogP contribution in [0.5, 0.6) is 0 Å². The fourth-order valence-corrected chi connectivity index (χ4v) is 3.88. The van der Waals surface area contributed by atoms with Crippen LogP contribution < -0.4 is 5.43 Å². The number of hydrogen-bond donors (Lipinski definition) is 1. The van der Waals surface area contributed by atoms with E-state index in [0.29, 0.717) is 34.3 Å². The first kappa shape index (κ1) is 23.1. The van der Waals surface area contributed by atoms with Gasteiger partial charge in [0.15, 0.2) is 0 Å². The molecule has 0 atom stereocenters. The van der Waals surface area contributed by atoms with E-state index in [1.54, 1.807) is 16.8 Å². The lowest BCUT2D eigenvalue weighted by Gasteiger charge is -2.03. The van der Waals surface area contributed by atoms with Gasteiger partial charge in [0.25, 0.3) is 5.91 Å². The number of aromatic nitrogens is 6. The van der Waals surface area contributed by atoms with Crippen LogP contribution in [0.4, 0.5) is 0 Å². The zero-order valence-electron chi connectivity index (χ0n) is 19.3. The van der Waals surface area contributed by atoms with E-state index < -0.39 is 0 Å². The predicted molar refractivity (Wildman–Crippen MR) is 137 cm³/mol. The van der Waals surface area contributed by atoms with Gasteiger partial charge in [0, 0.05) is 11.1 Å². The highest BCUT2D eigenvalue weighted by molar-refractivity contribution is 6.32. The van der Waals surface area contributed by atoms with Crippen LogP contribution in [0.3, 0.4) is 0 Å². The van der Waals surface area contributed by atoms with Gasteiger partial charge in [0.1, 0.15) is 5.15 Å². The van der Waals surface area contributed by atoms with E-state index in [1.165, 1.54) is 11.0 Å². The van der Waals surface area contributed by atoms with Crippen molar-refractivity contribution in [1.82, 2.24) is 35.4 Å². The minimum Gasteiger partial charge on any atom is -0.267 e. The molecule has 1 N–H and O–H groups in total. The number of carbonyl (C=O) groups is 1. The molecule has 0 fully saturated rings. The number of amides is 1. The van der Waals surface area contributed by atoms with E-state index in [9.17, 15) is 4.79 Å². The van der Waals surface area contributed by atoms with Crippen molar-refractivity contribution in [3.05, 3.63) is 112 Å². The van der Waals surface area contributed by atoms with E-state index in [2.05, 4.69) is 31.0 Å². The van der Waals surface area contributed by atoms with Crippen LogP contribution >= 0.6 is 11.6 Å². The molecule has 0 aliphatic heterocycles. The van der Waals surface area contributed by atoms with Gasteiger partial charge in [0.05, 0.1) is 29.7 Å². The lowest BCUT2D eigenvalue weighted by molar-refractivity contribution is 0.0955. The van der Waals surface area contributed by atoms with Crippen LogP contribution in [0.1, 0.15) is 27.2 Å². The molecule has 2 aromatic heterocycles. The summed E-state index contributed by atoms with van der Waals surface area (Å²) in [5.41, 5.74) is 7.01. The highest BCUT2D eigenvalue weighted by Crippen LogP contribution is 2.22. The second-order valence-electron chi connectivity index (χ2n) is 7.94. The van der Waals surface area contributed by atoms with Gasteiger partial charge < -0.3 is 0 Å². The molecule has 0 aliphatic carbocycles. The van der Waals surface area contributed by atoms with E-state index in [-0.39, 0.29) is 5.91 Å². The van der Waals surface area contributed by atoms with Crippen molar-refractivity contribution in [2.75, 3.05) is 0 Å². The van der Waals surface area contributed by atoms with Gasteiger partial charge >= 0.3 is 0 Å². The molecule has 0 unspecified atom stereocenters. The minimum absolute atomic E-state index is 0.340. The number of rotatable bonds is 7. The number of halogens is 1. The van der Waals surface area contributed by atoms with E-state index in [4.69, 9.17) is 11.6 Å². The Kier molecular flexibility index (Phi) is 6.63. The smallest absolute Gasteiger partial charge is 0.267 e. The molecule has 5 aromatic rings. The van der Waals surface area contributed by atoms with E-state index in [1.807, 2.05) is 79.7 Å². The van der Waals surface area contributed by atoms with Crippen molar-refractivity contribution < 1.29 is 4.79 Å². The zero-order chi connectivity index (χ0) is 24.9. The summed E-state index contributed by atoms with van der Waals surface area (Å²) >= 11 is 6.50. The topological polar surface area (TPSA) is 103 Å². The van der Waals surface area contributed by atoms with Crippen molar-refractivity contribution >= 4 is 23.7 Å². The number of hydrazone groups is 1. The van der Waals surface area contributed by atoms with Crippen molar-refractivity contribution in [2.45, 2.75) is 13.5 Å². The van der Waals surface area contributed by atoms with E-state index in [0.717, 1.165) is 16.8 Å². The Hall–Kier alpha value is -4.63. The monoisotopic (exact) mass is 496 g/mol. The Bertz CT molecular complexity index is 1510. The number of benzene rings is 3. The van der Waals surface area contributed by atoms with Crippen LogP contribution in [0.2, 0.25) is 5.15 Å². The van der Waals surface area contributed by atoms with Gasteiger partial charge in [-0.3, -0.25) is 4.79 Å². The Morgan fingerprint density at radius 1 is 0.972 bits per heavy atom. The second-order valence-corrected chi connectivity index (χ2v) is 8.30. The molecule has 36 heavy (non-hydrogen) atoms. The molecular weight excluding hydrogens is 476 g/mol. The SMILES string of the molecule is Cc1nn(-c2ccccc2)c(Cl)c1C=NNC(=O)c1ccc(Cn2nnc(-c3ccccc3)n2)cc1. The van der Waals surface area contributed by atoms with Crippen molar-refractivity contribution in [3.8, 4) is 17.1 Å². The average molecular weight is 497 g/mol. The molecule has 1 amide bonds. The summed E-state index contributed by atoms with van der Waals surface area (Å²) in [5.74, 6) is 0.224. The van der Waals surface area contributed by atoms with E-state index >= 15 is 0 Å². The normalized spacial score (nSPS) is 11.2. The number of aryl methyl sites for hydroxylation is 1. The van der Waals surface area contributed by atoms with Gasteiger partial charge in [-0.25, -0.2) is 10.1 Å². The van der Waals surface area contributed by atoms with Gasteiger partial charge in [-0.2, -0.15) is 15.0 Å². The molecule has 0 saturated carbocycles. The van der Waals surface area contributed by atoms with Crippen LogP contribution in [0, 0.1) is 6.92 Å². The molecule has 0 aliphatic rings. The summed E-state index contributed by atoms with van der Waals surface area (Å²) in [6.45, 7) is 2.27. The maximum atomic E-state index is 12.5. The molecule has 0 bridgehead atoms. The van der Waals surface area contributed by atoms with Crippen LogP contribution in [-0.2, 0) is 6.54 Å².